The van der Waals surface area contributed by atoms with Gasteiger partial charge in [-0.2, -0.15) is 0 Å². The molecular weight excluding hydrogens is 254 g/mol. The van der Waals surface area contributed by atoms with Crippen LogP contribution >= 0.6 is 11.8 Å². The number of nitrogens with zero attached hydrogens (tertiary/aromatic N) is 1. The van der Waals surface area contributed by atoms with Gasteiger partial charge in [0.2, 0.25) is 0 Å². The molecular formula is C16H13NOS. The Kier molecular flexibility index (Phi) is 3.47. The van der Waals surface area contributed by atoms with E-state index in [0.29, 0.717) is 5.04 Å². The summed E-state index contributed by atoms with van der Waals surface area (Å²) in [4.78, 5) is 15.6. The molecule has 2 atom stereocenters. The molecule has 2 aromatic rings. The number of benzene rings is 2. The summed E-state index contributed by atoms with van der Waals surface area (Å²) in [6.45, 7) is 0. The van der Waals surface area contributed by atoms with E-state index >= 15 is 0 Å². The smallest absolute Gasteiger partial charge is 0.174 e. The Morgan fingerprint density at radius 3 is 2.05 bits per heavy atom. The molecule has 1 heterocycles. The Hall–Kier alpha value is -1.87. The minimum atomic E-state index is 0.0220. The molecule has 3 heteroatoms. The molecule has 0 bridgehead atoms. The van der Waals surface area contributed by atoms with E-state index in [0.717, 1.165) is 11.8 Å². The van der Waals surface area contributed by atoms with Gasteiger partial charge >= 0.3 is 0 Å². The van der Waals surface area contributed by atoms with Gasteiger partial charge in [0, 0.05) is 0 Å². The normalized spacial score (nSPS) is 22.0. The minimum Gasteiger partial charge on any atom is -0.296 e. The fourth-order valence-electron chi connectivity index (χ4n) is 2.28. The molecule has 0 aliphatic carbocycles. The van der Waals surface area contributed by atoms with E-state index in [2.05, 4.69) is 29.3 Å². The molecule has 2 unspecified atom stereocenters. The van der Waals surface area contributed by atoms with E-state index in [1.807, 2.05) is 36.4 Å². The fourth-order valence-corrected chi connectivity index (χ4v) is 3.41. The molecule has 0 amide bonds. The summed E-state index contributed by atoms with van der Waals surface area (Å²) in [6, 6.07) is 20.4. The van der Waals surface area contributed by atoms with Crippen LogP contribution in [0.3, 0.4) is 0 Å². The molecule has 0 N–H and O–H groups in total. The zero-order valence-corrected chi connectivity index (χ0v) is 11.1. The first-order chi connectivity index (χ1) is 9.38. The number of aldehydes is 1. The first-order valence-electron chi connectivity index (χ1n) is 6.18. The monoisotopic (exact) mass is 267 g/mol. The van der Waals surface area contributed by atoms with Gasteiger partial charge in [-0.15, -0.1) is 0 Å². The van der Waals surface area contributed by atoms with Crippen molar-refractivity contribution in [2.75, 3.05) is 0 Å². The van der Waals surface area contributed by atoms with Crippen LogP contribution in [0.25, 0.3) is 0 Å². The molecule has 2 aromatic carbocycles. The van der Waals surface area contributed by atoms with Gasteiger partial charge in [-0.3, -0.25) is 9.79 Å². The fraction of sp³-hybridized carbons (Fsp3) is 0.125. The molecule has 3 rings (SSSR count). The van der Waals surface area contributed by atoms with Crippen LogP contribution in [0.4, 0.5) is 0 Å². The molecule has 0 aromatic heterocycles. The first-order valence-corrected chi connectivity index (χ1v) is 7.06. The van der Waals surface area contributed by atoms with E-state index in [4.69, 9.17) is 0 Å². The zero-order valence-electron chi connectivity index (χ0n) is 10.3. The second-order valence-corrected chi connectivity index (χ2v) is 5.55. The zero-order chi connectivity index (χ0) is 13.1. The summed E-state index contributed by atoms with van der Waals surface area (Å²) in [5.41, 5.74) is 2.36. The minimum absolute atomic E-state index is 0.0220. The average molecular weight is 267 g/mol. The third-order valence-electron chi connectivity index (χ3n) is 3.17. The largest absolute Gasteiger partial charge is 0.296 e. The molecule has 0 saturated carbocycles. The Morgan fingerprint density at radius 2 is 1.47 bits per heavy atom. The highest BCUT2D eigenvalue weighted by Crippen LogP contribution is 2.47. The first kappa shape index (κ1) is 12.2. The summed E-state index contributed by atoms with van der Waals surface area (Å²) in [5, 5.41) is 0.770. The molecule has 2 nitrogen and oxygen atoms in total. The van der Waals surface area contributed by atoms with E-state index in [-0.39, 0.29) is 11.3 Å². The van der Waals surface area contributed by atoms with Crippen molar-refractivity contribution in [3.63, 3.8) is 0 Å². The number of rotatable bonds is 3. The number of carbonyl (C=O) groups excluding carboxylic acids is 1. The van der Waals surface area contributed by atoms with Crippen molar-refractivity contribution in [2.45, 2.75) is 11.3 Å². The van der Waals surface area contributed by atoms with Gasteiger partial charge in [-0.25, -0.2) is 0 Å². The van der Waals surface area contributed by atoms with Crippen LogP contribution in [0, 0.1) is 0 Å². The van der Waals surface area contributed by atoms with Crippen LogP contribution in [0.1, 0.15) is 22.4 Å². The maximum Gasteiger partial charge on any atom is 0.174 e. The number of hydrogen-bond acceptors (Lipinski definition) is 3. The van der Waals surface area contributed by atoms with Crippen molar-refractivity contribution in [1.29, 1.82) is 0 Å². The van der Waals surface area contributed by atoms with Crippen LogP contribution in [0.2, 0.25) is 0 Å². The maximum absolute atomic E-state index is 11.0. The van der Waals surface area contributed by atoms with E-state index < -0.39 is 0 Å². The average Bonchev–Trinajstić information content (AvgIpc) is 2.93. The summed E-state index contributed by atoms with van der Waals surface area (Å²) in [7, 11) is 0. The number of thioether (sulfide) groups is 1. The van der Waals surface area contributed by atoms with Crippen molar-refractivity contribution >= 4 is 23.1 Å². The topological polar surface area (TPSA) is 29.4 Å². The second-order valence-electron chi connectivity index (χ2n) is 4.39. The SMILES string of the molecule is O=CC1=NC(c2ccccc2)C(c2ccccc2)S1. The van der Waals surface area contributed by atoms with Crippen LogP contribution in [-0.4, -0.2) is 11.3 Å². The molecule has 0 fully saturated rings. The second kappa shape index (κ2) is 5.41. The van der Waals surface area contributed by atoms with Gasteiger partial charge in [0.1, 0.15) is 5.04 Å². The number of hydrogen-bond donors (Lipinski definition) is 0. The summed E-state index contributed by atoms with van der Waals surface area (Å²) in [5.74, 6) is 0. The van der Waals surface area contributed by atoms with Gasteiger partial charge in [-0.05, 0) is 11.1 Å². The molecule has 1 aliphatic rings. The molecule has 19 heavy (non-hydrogen) atoms. The van der Waals surface area contributed by atoms with Crippen molar-refractivity contribution < 1.29 is 4.79 Å². The molecule has 94 valence electrons. The number of aliphatic imine (C=N–C) groups is 1. The van der Waals surface area contributed by atoms with E-state index in [1.165, 1.54) is 5.56 Å². The van der Waals surface area contributed by atoms with E-state index in [9.17, 15) is 4.79 Å². The lowest BCUT2D eigenvalue weighted by atomic mass is 9.99. The summed E-state index contributed by atoms with van der Waals surface area (Å²) >= 11 is 1.55. The van der Waals surface area contributed by atoms with Crippen molar-refractivity contribution in [3.05, 3.63) is 71.8 Å². The van der Waals surface area contributed by atoms with Gasteiger partial charge in [0.15, 0.2) is 6.29 Å². The third-order valence-corrected chi connectivity index (χ3v) is 4.40. The number of carbonyl (C=O) groups is 1. The highest BCUT2D eigenvalue weighted by molar-refractivity contribution is 8.16. The van der Waals surface area contributed by atoms with Gasteiger partial charge < -0.3 is 0 Å². The van der Waals surface area contributed by atoms with Crippen LogP contribution < -0.4 is 0 Å². The maximum atomic E-state index is 11.0. The Labute approximate surface area is 116 Å². The highest BCUT2D eigenvalue weighted by Gasteiger charge is 2.32. The van der Waals surface area contributed by atoms with Crippen molar-refractivity contribution in [2.24, 2.45) is 4.99 Å². The summed E-state index contributed by atoms with van der Waals surface area (Å²) in [6.07, 6.45) is 0.851. The van der Waals surface area contributed by atoms with Crippen LogP contribution in [-0.2, 0) is 4.79 Å². The van der Waals surface area contributed by atoms with Crippen molar-refractivity contribution in [3.8, 4) is 0 Å². The van der Waals surface area contributed by atoms with Crippen LogP contribution in [0.15, 0.2) is 65.7 Å². The quantitative estimate of drug-likeness (QED) is 0.791. The molecule has 1 aliphatic heterocycles. The Balaban J connectivity index is 1.99. The molecule has 0 saturated heterocycles. The third kappa shape index (κ3) is 2.47. The lowest BCUT2D eigenvalue weighted by Gasteiger charge is -2.17. The lowest BCUT2D eigenvalue weighted by molar-refractivity contribution is -0.102. The molecule has 0 radical (unpaired) electrons. The highest BCUT2D eigenvalue weighted by atomic mass is 32.2. The van der Waals surface area contributed by atoms with Gasteiger partial charge in [0.25, 0.3) is 0 Å². The summed E-state index contributed by atoms with van der Waals surface area (Å²) < 4.78 is 0. The Bertz CT molecular complexity index is 595. The predicted molar refractivity (Wildman–Crippen MR) is 79.5 cm³/mol. The van der Waals surface area contributed by atoms with Crippen LogP contribution in [0.5, 0.6) is 0 Å². The lowest BCUT2D eigenvalue weighted by Crippen LogP contribution is -2.02. The van der Waals surface area contributed by atoms with Gasteiger partial charge in [0.05, 0.1) is 11.3 Å². The predicted octanol–water partition coefficient (Wildman–Crippen LogP) is 3.81. The Morgan fingerprint density at radius 1 is 0.895 bits per heavy atom. The van der Waals surface area contributed by atoms with Gasteiger partial charge in [-0.1, -0.05) is 72.4 Å². The molecule has 0 spiro atoms. The standard InChI is InChI=1S/C16H13NOS/c18-11-14-17-15(12-7-3-1-4-8-12)16(19-14)13-9-5-2-6-10-13/h1-11,15-16H. The van der Waals surface area contributed by atoms with E-state index in [1.54, 1.807) is 11.8 Å². The van der Waals surface area contributed by atoms with Crippen molar-refractivity contribution in [1.82, 2.24) is 0 Å².